The second-order valence-corrected chi connectivity index (χ2v) is 8.99. The third-order valence-electron chi connectivity index (χ3n) is 5.14. The molecule has 0 radical (unpaired) electrons. The molecule has 0 spiro atoms. The summed E-state index contributed by atoms with van der Waals surface area (Å²) in [6.07, 6.45) is 1.53. The van der Waals surface area contributed by atoms with Gasteiger partial charge in [-0.05, 0) is 53.8 Å². The number of benzene rings is 3. The van der Waals surface area contributed by atoms with Crippen LogP contribution in [0.4, 0.5) is 11.4 Å². The van der Waals surface area contributed by atoms with Crippen LogP contribution in [-0.4, -0.2) is 20.7 Å². The van der Waals surface area contributed by atoms with Gasteiger partial charge in [-0.25, -0.2) is 8.42 Å². The van der Waals surface area contributed by atoms with E-state index in [1.807, 2.05) is 54.6 Å². The Hall–Kier alpha value is -2.79. The largest absolute Gasteiger partial charge is 0.367 e. The van der Waals surface area contributed by atoms with Crippen molar-refractivity contribution < 1.29 is 8.42 Å². The Bertz CT molecular complexity index is 1030. The molecule has 3 aromatic rings. The maximum Gasteiger partial charge on any atom is 0.233 e. The third-order valence-corrected chi connectivity index (χ3v) is 6.43. The summed E-state index contributed by atoms with van der Waals surface area (Å²) in [4.78, 5) is 2.33. The molecule has 3 aromatic carbocycles. The maximum atomic E-state index is 12.4. The Morgan fingerprint density at radius 3 is 2.25 bits per heavy atom. The summed E-state index contributed by atoms with van der Waals surface area (Å²) >= 11 is 0. The Morgan fingerprint density at radius 1 is 0.821 bits per heavy atom. The van der Waals surface area contributed by atoms with Crippen LogP contribution in [0, 0.1) is 0 Å². The first kappa shape index (κ1) is 18.6. The third kappa shape index (κ3) is 4.54. The molecule has 28 heavy (non-hydrogen) atoms. The zero-order valence-corrected chi connectivity index (χ0v) is 16.5. The summed E-state index contributed by atoms with van der Waals surface area (Å²) in [5.74, 6) is 0.0711. The van der Waals surface area contributed by atoms with Crippen LogP contribution in [-0.2, 0) is 29.4 Å². The van der Waals surface area contributed by atoms with Crippen molar-refractivity contribution in [1.29, 1.82) is 0 Å². The van der Waals surface area contributed by atoms with Crippen LogP contribution in [0.2, 0.25) is 0 Å². The number of aryl methyl sites for hydroxylation is 1. The van der Waals surface area contributed by atoms with Crippen LogP contribution >= 0.6 is 0 Å². The minimum Gasteiger partial charge on any atom is -0.367 e. The number of hydrogen-bond donors (Lipinski definition) is 1. The second kappa shape index (κ2) is 8.07. The lowest BCUT2D eigenvalue weighted by molar-refractivity contribution is 0.600. The van der Waals surface area contributed by atoms with E-state index in [4.69, 9.17) is 0 Å². The van der Waals surface area contributed by atoms with Gasteiger partial charge in [0.2, 0.25) is 10.0 Å². The molecule has 0 amide bonds. The van der Waals surface area contributed by atoms with Gasteiger partial charge in [-0.3, -0.25) is 4.72 Å². The SMILES string of the molecule is O=S(=O)(CCc1ccccc1)Nc1ccc(N2CCc3ccccc3C2)cc1. The van der Waals surface area contributed by atoms with E-state index in [2.05, 4.69) is 33.9 Å². The molecule has 4 rings (SSSR count). The van der Waals surface area contributed by atoms with E-state index in [0.29, 0.717) is 12.1 Å². The van der Waals surface area contributed by atoms with Crippen LogP contribution in [0.25, 0.3) is 0 Å². The molecule has 0 saturated carbocycles. The molecule has 0 saturated heterocycles. The molecule has 1 N–H and O–H groups in total. The second-order valence-electron chi connectivity index (χ2n) is 7.14. The van der Waals surface area contributed by atoms with Crippen LogP contribution in [0.1, 0.15) is 16.7 Å². The fourth-order valence-corrected chi connectivity index (χ4v) is 4.69. The number of hydrogen-bond acceptors (Lipinski definition) is 3. The molecule has 0 atom stereocenters. The topological polar surface area (TPSA) is 49.4 Å². The molecule has 1 heterocycles. The zero-order valence-electron chi connectivity index (χ0n) is 15.7. The van der Waals surface area contributed by atoms with Gasteiger partial charge in [0.15, 0.2) is 0 Å². The lowest BCUT2D eigenvalue weighted by Gasteiger charge is -2.30. The van der Waals surface area contributed by atoms with Gasteiger partial charge in [0.25, 0.3) is 0 Å². The summed E-state index contributed by atoms with van der Waals surface area (Å²) in [7, 11) is -3.37. The van der Waals surface area contributed by atoms with Crippen LogP contribution < -0.4 is 9.62 Å². The van der Waals surface area contributed by atoms with Crippen molar-refractivity contribution in [2.45, 2.75) is 19.4 Å². The lowest BCUT2D eigenvalue weighted by Crippen LogP contribution is -2.30. The summed E-state index contributed by atoms with van der Waals surface area (Å²) in [5, 5.41) is 0. The number of fused-ring (bicyclic) bond motifs is 1. The van der Waals surface area contributed by atoms with Crippen LogP contribution in [0.15, 0.2) is 78.9 Å². The molecule has 5 heteroatoms. The van der Waals surface area contributed by atoms with Crippen molar-refractivity contribution in [2.75, 3.05) is 21.9 Å². The Morgan fingerprint density at radius 2 is 1.50 bits per heavy atom. The van der Waals surface area contributed by atoms with Gasteiger partial charge in [-0.1, -0.05) is 54.6 Å². The van der Waals surface area contributed by atoms with Gasteiger partial charge in [0.05, 0.1) is 5.75 Å². The first-order valence-electron chi connectivity index (χ1n) is 9.55. The smallest absolute Gasteiger partial charge is 0.233 e. The predicted molar refractivity (Wildman–Crippen MR) is 115 cm³/mol. The molecule has 0 aliphatic carbocycles. The van der Waals surface area contributed by atoms with E-state index >= 15 is 0 Å². The molecule has 0 fully saturated rings. The molecular weight excluding hydrogens is 368 g/mol. The summed E-state index contributed by atoms with van der Waals surface area (Å²) < 4.78 is 27.4. The molecule has 0 aromatic heterocycles. The lowest BCUT2D eigenvalue weighted by atomic mass is 9.99. The molecule has 0 bridgehead atoms. The first-order valence-corrected chi connectivity index (χ1v) is 11.2. The van der Waals surface area contributed by atoms with E-state index in [1.54, 1.807) is 0 Å². The number of rotatable bonds is 6. The highest BCUT2D eigenvalue weighted by Crippen LogP contribution is 2.25. The molecule has 144 valence electrons. The quantitative estimate of drug-likeness (QED) is 0.683. The van der Waals surface area contributed by atoms with E-state index < -0.39 is 10.0 Å². The summed E-state index contributed by atoms with van der Waals surface area (Å²) in [6.45, 7) is 1.86. The zero-order chi connectivity index (χ0) is 19.4. The van der Waals surface area contributed by atoms with Crippen molar-refractivity contribution in [1.82, 2.24) is 0 Å². The maximum absolute atomic E-state index is 12.4. The number of anilines is 2. The van der Waals surface area contributed by atoms with Crippen molar-refractivity contribution in [3.05, 3.63) is 95.6 Å². The average molecular weight is 393 g/mol. The Labute approximate surface area is 166 Å². The number of sulfonamides is 1. The number of nitrogens with zero attached hydrogens (tertiary/aromatic N) is 1. The predicted octanol–water partition coefficient (Wildman–Crippen LogP) is 4.23. The molecule has 4 nitrogen and oxygen atoms in total. The van der Waals surface area contributed by atoms with E-state index in [-0.39, 0.29) is 5.75 Å². The van der Waals surface area contributed by atoms with Crippen molar-refractivity contribution in [3.63, 3.8) is 0 Å². The first-order chi connectivity index (χ1) is 13.6. The highest BCUT2D eigenvalue weighted by molar-refractivity contribution is 7.92. The van der Waals surface area contributed by atoms with Gasteiger partial charge in [0, 0.05) is 24.5 Å². The Kier molecular flexibility index (Phi) is 5.35. The summed E-state index contributed by atoms with van der Waals surface area (Å²) in [5.41, 5.74) is 5.52. The van der Waals surface area contributed by atoms with Crippen molar-refractivity contribution in [3.8, 4) is 0 Å². The number of nitrogens with one attached hydrogen (secondary N) is 1. The fraction of sp³-hybridized carbons (Fsp3) is 0.217. The van der Waals surface area contributed by atoms with Crippen molar-refractivity contribution >= 4 is 21.4 Å². The standard InChI is InChI=1S/C23H24N2O2S/c26-28(27,17-15-19-6-2-1-3-7-19)24-22-10-12-23(13-11-22)25-16-14-20-8-4-5-9-21(20)18-25/h1-13,24H,14-18H2. The van der Waals surface area contributed by atoms with E-state index in [9.17, 15) is 8.42 Å². The van der Waals surface area contributed by atoms with E-state index in [1.165, 1.54) is 11.1 Å². The van der Waals surface area contributed by atoms with Gasteiger partial charge in [0.1, 0.15) is 0 Å². The fourth-order valence-electron chi connectivity index (χ4n) is 3.58. The monoisotopic (exact) mass is 392 g/mol. The van der Waals surface area contributed by atoms with E-state index in [0.717, 1.165) is 30.8 Å². The summed E-state index contributed by atoms with van der Waals surface area (Å²) in [6, 6.07) is 25.9. The van der Waals surface area contributed by atoms with Crippen LogP contribution in [0.5, 0.6) is 0 Å². The highest BCUT2D eigenvalue weighted by Gasteiger charge is 2.16. The van der Waals surface area contributed by atoms with Gasteiger partial charge >= 0.3 is 0 Å². The van der Waals surface area contributed by atoms with Crippen LogP contribution in [0.3, 0.4) is 0 Å². The molecular formula is C23H24N2O2S. The average Bonchev–Trinajstić information content (AvgIpc) is 2.73. The molecule has 1 aliphatic heterocycles. The minimum absolute atomic E-state index is 0.0711. The normalized spacial score (nSPS) is 13.8. The van der Waals surface area contributed by atoms with Crippen molar-refractivity contribution in [2.24, 2.45) is 0 Å². The molecule has 1 aliphatic rings. The molecule has 0 unspecified atom stereocenters. The Balaban J connectivity index is 1.38. The minimum atomic E-state index is -3.37. The van der Waals surface area contributed by atoms with Gasteiger partial charge in [-0.15, -0.1) is 0 Å². The highest BCUT2D eigenvalue weighted by atomic mass is 32.2. The van der Waals surface area contributed by atoms with Gasteiger partial charge < -0.3 is 4.90 Å². The van der Waals surface area contributed by atoms with Gasteiger partial charge in [-0.2, -0.15) is 0 Å².